The number of amides is 2. The zero-order chi connectivity index (χ0) is 25.5. The summed E-state index contributed by atoms with van der Waals surface area (Å²) in [6.07, 6.45) is 1.26. The van der Waals surface area contributed by atoms with Gasteiger partial charge >= 0.3 is 5.97 Å². The molecule has 0 fully saturated rings. The lowest BCUT2D eigenvalue weighted by Crippen LogP contribution is -2.46. The van der Waals surface area contributed by atoms with Crippen LogP contribution in [-0.2, 0) is 20.7 Å². The minimum atomic E-state index is -0.946. The van der Waals surface area contributed by atoms with Gasteiger partial charge in [0.25, 0.3) is 17.5 Å². The topological polar surface area (TPSA) is 128 Å². The molecule has 1 atom stereocenters. The van der Waals surface area contributed by atoms with Gasteiger partial charge in [-0.1, -0.05) is 13.8 Å². The highest BCUT2D eigenvalue weighted by atomic mass is 16.6. The molecule has 1 aliphatic heterocycles. The summed E-state index contributed by atoms with van der Waals surface area (Å²) in [5.41, 5.74) is 1.61. The van der Waals surface area contributed by atoms with Gasteiger partial charge in [-0.15, -0.1) is 0 Å². The third kappa shape index (κ3) is 6.34. The van der Waals surface area contributed by atoms with E-state index >= 15 is 0 Å². The van der Waals surface area contributed by atoms with Crippen LogP contribution < -0.4 is 15.0 Å². The summed E-state index contributed by atoms with van der Waals surface area (Å²) in [6, 6.07) is 9.96. The quantitative estimate of drug-likeness (QED) is 0.329. The molecular formula is C25H29N3O7. The Morgan fingerprint density at radius 2 is 1.86 bits per heavy atom. The molecule has 10 nitrogen and oxygen atoms in total. The number of benzene rings is 2. The zero-order valence-electron chi connectivity index (χ0n) is 20.0. The number of hydrogen-bond acceptors (Lipinski definition) is 7. The summed E-state index contributed by atoms with van der Waals surface area (Å²) in [6.45, 7) is 5.81. The molecule has 0 saturated carbocycles. The van der Waals surface area contributed by atoms with E-state index in [4.69, 9.17) is 9.47 Å². The Morgan fingerprint density at radius 1 is 1.14 bits per heavy atom. The van der Waals surface area contributed by atoms with Crippen LogP contribution in [0.5, 0.6) is 5.75 Å². The lowest BCUT2D eigenvalue weighted by atomic mass is 10.0. The van der Waals surface area contributed by atoms with Gasteiger partial charge in [-0.25, -0.2) is 4.79 Å². The number of aryl methyl sites for hydroxylation is 1. The minimum Gasteiger partial charge on any atom is -0.494 e. The third-order valence-electron chi connectivity index (χ3n) is 5.67. The lowest BCUT2D eigenvalue weighted by molar-refractivity contribution is -0.384. The van der Waals surface area contributed by atoms with Crippen molar-refractivity contribution in [3.05, 3.63) is 63.7 Å². The Labute approximate surface area is 203 Å². The fourth-order valence-electron chi connectivity index (χ4n) is 3.85. The number of hydrogen-bond donors (Lipinski definition) is 1. The number of nitro benzene ring substituents is 1. The number of rotatable bonds is 9. The Balaban J connectivity index is 1.62. The summed E-state index contributed by atoms with van der Waals surface area (Å²) in [4.78, 5) is 50.2. The summed E-state index contributed by atoms with van der Waals surface area (Å²) >= 11 is 0. The van der Waals surface area contributed by atoms with Gasteiger partial charge in [-0.05, 0) is 61.6 Å². The molecule has 0 radical (unpaired) electrons. The number of non-ortho nitro benzene ring substituents is 1. The SMILES string of the molecule is CCOc1ccc(C(=O)N[C@H](C(=O)OCC(=O)N2CCCc3cc([N+](=O)[O-])ccc32)C(C)C)cc1. The molecule has 0 spiro atoms. The highest BCUT2D eigenvalue weighted by molar-refractivity contribution is 5.98. The van der Waals surface area contributed by atoms with Crippen LogP contribution in [0.15, 0.2) is 42.5 Å². The third-order valence-corrected chi connectivity index (χ3v) is 5.67. The van der Waals surface area contributed by atoms with Gasteiger partial charge in [0.2, 0.25) is 0 Å². The van der Waals surface area contributed by atoms with Gasteiger partial charge in [-0.2, -0.15) is 0 Å². The fraction of sp³-hybridized carbons (Fsp3) is 0.400. The van der Waals surface area contributed by atoms with Crippen molar-refractivity contribution in [3.8, 4) is 5.75 Å². The maximum absolute atomic E-state index is 12.8. The van der Waals surface area contributed by atoms with Crippen molar-refractivity contribution in [2.45, 2.75) is 39.7 Å². The number of carbonyl (C=O) groups is 3. The first-order valence-electron chi connectivity index (χ1n) is 11.5. The van der Waals surface area contributed by atoms with E-state index in [0.29, 0.717) is 48.6 Å². The molecule has 0 saturated heterocycles. The highest BCUT2D eigenvalue weighted by Gasteiger charge is 2.29. The second-order valence-electron chi connectivity index (χ2n) is 8.48. The smallest absolute Gasteiger partial charge is 0.329 e. The van der Waals surface area contributed by atoms with Crippen molar-refractivity contribution in [1.82, 2.24) is 5.32 Å². The number of nitro groups is 1. The van der Waals surface area contributed by atoms with Crippen molar-refractivity contribution in [2.24, 2.45) is 5.92 Å². The first-order chi connectivity index (χ1) is 16.7. The molecule has 1 aliphatic rings. The molecule has 0 aromatic heterocycles. The van der Waals surface area contributed by atoms with E-state index in [2.05, 4.69) is 5.32 Å². The molecule has 186 valence electrons. The molecule has 1 heterocycles. The van der Waals surface area contributed by atoms with Gasteiger partial charge in [0.1, 0.15) is 11.8 Å². The summed E-state index contributed by atoms with van der Waals surface area (Å²) < 4.78 is 10.6. The van der Waals surface area contributed by atoms with E-state index in [-0.39, 0.29) is 11.6 Å². The van der Waals surface area contributed by atoms with Crippen molar-refractivity contribution >= 4 is 29.2 Å². The summed E-state index contributed by atoms with van der Waals surface area (Å²) in [5, 5.41) is 13.7. The average Bonchev–Trinajstić information content (AvgIpc) is 2.85. The number of nitrogens with zero attached hydrogens (tertiary/aromatic N) is 2. The summed E-state index contributed by atoms with van der Waals surface area (Å²) in [5.74, 6) is -1.24. The molecule has 35 heavy (non-hydrogen) atoms. The Kier molecular flexibility index (Phi) is 8.40. The monoisotopic (exact) mass is 483 g/mol. The second-order valence-corrected chi connectivity index (χ2v) is 8.48. The molecule has 1 N–H and O–H groups in total. The zero-order valence-corrected chi connectivity index (χ0v) is 20.0. The van der Waals surface area contributed by atoms with E-state index in [0.717, 1.165) is 0 Å². The van der Waals surface area contributed by atoms with Crippen molar-refractivity contribution in [3.63, 3.8) is 0 Å². The van der Waals surface area contributed by atoms with Gasteiger partial charge in [0.05, 0.1) is 11.5 Å². The van der Waals surface area contributed by atoms with Crippen LogP contribution in [0.2, 0.25) is 0 Å². The van der Waals surface area contributed by atoms with Crippen molar-refractivity contribution < 1.29 is 28.8 Å². The molecule has 0 aliphatic carbocycles. The number of fused-ring (bicyclic) bond motifs is 1. The van der Waals surface area contributed by atoms with Crippen molar-refractivity contribution in [1.29, 1.82) is 0 Å². The van der Waals surface area contributed by atoms with Crippen molar-refractivity contribution in [2.75, 3.05) is 24.7 Å². The lowest BCUT2D eigenvalue weighted by Gasteiger charge is -2.29. The van der Waals surface area contributed by atoms with Gasteiger partial charge in [0, 0.05) is 29.9 Å². The van der Waals surface area contributed by atoms with Crippen LogP contribution in [0.3, 0.4) is 0 Å². The Morgan fingerprint density at radius 3 is 2.49 bits per heavy atom. The Bertz CT molecular complexity index is 1100. The number of carbonyl (C=O) groups excluding carboxylic acids is 3. The van der Waals surface area contributed by atoms with Crippen LogP contribution in [0.4, 0.5) is 11.4 Å². The standard InChI is InChI=1S/C25H29N3O7/c1-4-34-20-10-7-17(8-11-20)24(30)26-23(16(2)3)25(31)35-15-22(29)27-13-5-6-18-14-19(28(32)33)9-12-21(18)27/h7-12,14,16,23H,4-6,13,15H2,1-3H3,(H,26,30)/t23-/m0/s1. The molecule has 2 aromatic rings. The molecule has 2 amide bonds. The first kappa shape index (κ1) is 25.7. The fourth-order valence-corrected chi connectivity index (χ4v) is 3.85. The van der Waals surface area contributed by atoms with Gasteiger partial charge in [0.15, 0.2) is 6.61 Å². The number of anilines is 1. The van der Waals surface area contributed by atoms with Crippen LogP contribution >= 0.6 is 0 Å². The molecule has 0 bridgehead atoms. The highest BCUT2D eigenvalue weighted by Crippen LogP contribution is 2.30. The number of ether oxygens (including phenoxy) is 2. The van der Waals surface area contributed by atoms with Crippen LogP contribution in [0, 0.1) is 16.0 Å². The number of nitrogens with one attached hydrogen (secondary N) is 1. The maximum Gasteiger partial charge on any atom is 0.329 e. The predicted molar refractivity (Wildman–Crippen MR) is 128 cm³/mol. The van der Waals surface area contributed by atoms with E-state index in [1.807, 2.05) is 6.92 Å². The first-order valence-corrected chi connectivity index (χ1v) is 11.5. The second kappa shape index (κ2) is 11.5. The molecule has 0 unspecified atom stereocenters. The van der Waals surface area contributed by atoms with Gasteiger partial charge < -0.3 is 19.7 Å². The van der Waals surface area contributed by atoms with E-state index in [1.54, 1.807) is 44.2 Å². The average molecular weight is 484 g/mol. The molecule has 2 aromatic carbocycles. The normalized spacial score (nSPS) is 13.5. The van der Waals surface area contributed by atoms with Crippen LogP contribution in [0.25, 0.3) is 0 Å². The van der Waals surface area contributed by atoms with Crippen LogP contribution in [0.1, 0.15) is 43.1 Å². The van der Waals surface area contributed by atoms with E-state index in [9.17, 15) is 24.5 Å². The van der Waals surface area contributed by atoms with Crippen LogP contribution in [-0.4, -0.2) is 48.5 Å². The largest absolute Gasteiger partial charge is 0.494 e. The Hall–Kier alpha value is -3.95. The van der Waals surface area contributed by atoms with E-state index < -0.39 is 35.4 Å². The minimum absolute atomic E-state index is 0.0347. The molecular weight excluding hydrogens is 454 g/mol. The molecule has 3 rings (SSSR count). The van der Waals surface area contributed by atoms with Gasteiger partial charge in [-0.3, -0.25) is 19.7 Å². The maximum atomic E-state index is 12.8. The predicted octanol–water partition coefficient (Wildman–Crippen LogP) is 3.27. The molecule has 10 heteroatoms. The summed E-state index contributed by atoms with van der Waals surface area (Å²) in [7, 11) is 0. The number of esters is 1. The van der Waals surface area contributed by atoms with E-state index in [1.165, 1.54) is 17.0 Å².